The van der Waals surface area contributed by atoms with Crippen molar-refractivity contribution >= 4 is 21.5 Å². The molecule has 0 heterocycles. The molecule has 0 bridgehead atoms. The zero-order valence-electron chi connectivity index (χ0n) is 11.6. The molecule has 0 aliphatic heterocycles. The Labute approximate surface area is 119 Å². The number of hydrogen-bond acceptors (Lipinski definition) is 0. The van der Waals surface area contributed by atoms with Gasteiger partial charge in [0, 0.05) is 11.1 Å². The summed E-state index contributed by atoms with van der Waals surface area (Å²) in [7, 11) is 0. The molecule has 0 atom stereocenters. The van der Waals surface area contributed by atoms with Crippen molar-refractivity contribution in [3.63, 3.8) is 0 Å². The first-order valence-electron chi connectivity index (χ1n) is 6.55. The molecule has 94 valence electrons. The zero-order chi connectivity index (χ0) is 14.3. The Morgan fingerprint density at radius 2 is 1.05 bits per heavy atom. The summed E-state index contributed by atoms with van der Waals surface area (Å²) in [5.41, 5.74) is 4.01. The van der Waals surface area contributed by atoms with Gasteiger partial charge in [0.25, 0.3) is 0 Å². The highest BCUT2D eigenvalue weighted by molar-refractivity contribution is 6.13. The zero-order valence-corrected chi connectivity index (χ0v) is 11.6. The summed E-state index contributed by atoms with van der Waals surface area (Å²) in [6.45, 7) is 4.13. The van der Waals surface area contributed by atoms with Crippen molar-refractivity contribution in [2.24, 2.45) is 0 Å². The molecule has 3 rings (SSSR count). The molecule has 0 aliphatic carbocycles. The Balaban J connectivity index is 2.69. The molecule has 0 unspecified atom stereocenters. The lowest BCUT2D eigenvalue weighted by molar-refractivity contribution is 1.49. The van der Waals surface area contributed by atoms with Crippen LogP contribution in [0.3, 0.4) is 0 Å². The van der Waals surface area contributed by atoms with E-state index in [1.807, 2.05) is 0 Å². The van der Waals surface area contributed by atoms with Crippen molar-refractivity contribution in [3.05, 3.63) is 58.7 Å². The van der Waals surface area contributed by atoms with E-state index in [0.29, 0.717) is 0 Å². The Morgan fingerprint density at radius 3 is 1.40 bits per heavy atom. The second kappa shape index (κ2) is 4.44. The highest BCUT2D eigenvalue weighted by Crippen LogP contribution is 2.33. The van der Waals surface area contributed by atoms with Crippen LogP contribution < -0.4 is 0 Å². The van der Waals surface area contributed by atoms with E-state index in [-0.39, 0.29) is 0 Å². The highest BCUT2D eigenvalue weighted by atomic mass is 14.1. The standard InChI is InChI=1S/C20H14/c1-5-15-16(6-2)20-12-14(4)8-10-18(20)17-9-7-13(3)11-19(15)17/h1-2,7-12H,3-4H3. The third kappa shape index (κ3) is 1.67. The average molecular weight is 254 g/mol. The SMILES string of the molecule is C#Cc1c(C#C)c2cc(C)ccc2c2ccc(C)cc12. The summed E-state index contributed by atoms with van der Waals surface area (Å²) in [6.07, 6.45) is 11.5. The molecule has 0 nitrogen and oxygen atoms in total. The van der Waals surface area contributed by atoms with Crippen LogP contribution in [0.4, 0.5) is 0 Å². The smallest absolute Gasteiger partial charge is 0.0484 e. The maximum atomic E-state index is 5.73. The monoisotopic (exact) mass is 254 g/mol. The minimum Gasteiger partial charge on any atom is -0.115 e. The summed E-state index contributed by atoms with van der Waals surface area (Å²) >= 11 is 0. The van der Waals surface area contributed by atoms with Crippen molar-refractivity contribution in [2.75, 3.05) is 0 Å². The molecule has 0 radical (unpaired) electrons. The van der Waals surface area contributed by atoms with E-state index in [4.69, 9.17) is 12.8 Å². The molecule has 3 aromatic carbocycles. The Hall–Kier alpha value is -2.70. The number of benzene rings is 3. The van der Waals surface area contributed by atoms with Crippen LogP contribution in [0.5, 0.6) is 0 Å². The fourth-order valence-corrected chi connectivity index (χ4v) is 2.77. The van der Waals surface area contributed by atoms with Gasteiger partial charge in [-0.1, -0.05) is 59.4 Å². The van der Waals surface area contributed by atoms with Crippen LogP contribution in [0.2, 0.25) is 0 Å². The fourth-order valence-electron chi connectivity index (χ4n) is 2.77. The summed E-state index contributed by atoms with van der Waals surface area (Å²) in [6, 6.07) is 12.7. The summed E-state index contributed by atoms with van der Waals surface area (Å²) in [5.74, 6) is 5.57. The van der Waals surface area contributed by atoms with Crippen LogP contribution in [0.25, 0.3) is 21.5 Å². The van der Waals surface area contributed by atoms with Crippen LogP contribution in [-0.2, 0) is 0 Å². The Kier molecular flexibility index (Phi) is 2.74. The van der Waals surface area contributed by atoms with Gasteiger partial charge >= 0.3 is 0 Å². The quantitative estimate of drug-likeness (QED) is 0.407. The van der Waals surface area contributed by atoms with Crippen molar-refractivity contribution in [1.29, 1.82) is 0 Å². The third-order valence-corrected chi connectivity index (χ3v) is 3.72. The van der Waals surface area contributed by atoms with Crippen LogP contribution >= 0.6 is 0 Å². The minimum atomic E-state index is 0.823. The van der Waals surface area contributed by atoms with Crippen molar-refractivity contribution in [2.45, 2.75) is 13.8 Å². The number of aryl methyl sites for hydroxylation is 2. The first-order valence-corrected chi connectivity index (χ1v) is 6.55. The van der Waals surface area contributed by atoms with Crippen LogP contribution in [0.15, 0.2) is 36.4 Å². The lowest BCUT2D eigenvalue weighted by atomic mass is 9.90. The Bertz CT molecular complexity index is 850. The van der Waals surface area contributed by atoms with E-state index in [1.165, 1.54) is 11.1 Å². The largest absolute Gasteiger partial charge is 0.115 e. The molecular weight excluding hydrogens is 240 g/mol. The van der Waals surface area contributed by atoms with Crippen LogP contribution in [0.1, 0.15) is 22.3 Å². The predicted molar refractivity (Wildman–Crippen MR) is 86.8 cm³/mol. The molecule has 0 spiro atoms. The van der Waals surface area contributed by atoms with Gasteiger partial charge < -0.3 is 0 Å². The predicted octanol–water partition coefficient (Wildman–Crippen LogP) is 4.57. The van der Waals surface area contributed by atoms with Gasteiger partial charge in [-0.2, -0.15) is 0 Å². The Morgan fingerprint density at radius 1 is 0.650 bits per heavy atom. The van der Waals surface area contributed by atoms with Crippen molar-refractivity contribution in [1.82, 2.24) is 0 Å². The van der Waals surface area contributed by atoms with E-state index in [9.17, 15) is 0 Å². The van der Waals surface area contributed by atoms with Crippen molar-refractivity contribution in [3.8, 4) is 24.7 Å². The van der Waals surface area contributed by atoms with Gasteiger partial charge in [0.2, 0.25) is 0 Å². The maximum Gasteiger partial charge on any atom is 0.0484 e. The maximum absolute atomic E-state index is 5.73. The first kappa shape index (κ1) is 12.3. The molecular formula is C20H14. The van der Waals surface area contributed by atoms with Gasteiger partial charge in [-0.25, -0.2) is 0 Å². The molecule has 0 N–H and O–H groups in total. The third-order valence-electron chi connectivity index (χ3n) is 3.72. The average Bonchev–Trinajstić information content (AvgIpc) is 2.45. The summed E-state index contributed by atoms with van der Waals surface area (Å²) < 4.78 is 0. The summed E-state index contributed by atoms with van der Waals surface area (Å²) in [4.78, 5) is 0. The number of fused-ring (bicyclic) bond motifs is 3. The van der Waals surface area contributed by atoms with Gasteiger partial charge in [0.15, 0.2) is 0 Å². The van der Waals surface area contributed by atoms with E-state index in [0.717, 1.165) is 32.7 Å². The molecule has 0 saturated heterocycles. The second-order valence-corrected chi connectivity index (χ2v) is 5.14. The minimum absolute atomic E-state index is 0.823. The normalized spacial score (nSPS) is 10.4. The number of rotatable bonds is 0. The first-order chi connectivity index (χ1) is 9.65. The lowest BCUT2D eigenvalue weighted by Gasteiger charge is -2.12. The van der Waals surface area contributed by atoms with Gasteiger partial charge in [-0.05, 0) is 35.4 Å². The lowest BCUT2D eigenvalue weighted by Crippen LogP contribution is -1.92. The van der Waals surface area contributed by atoms with Gasteiger partial charge in [-0.3, -0.25) is 0 Å². The van der Waals surface area contributed by atoms with Gasteiger partial charge in [0.1, 0.15) is 0 Å². The fraction of sp³-hybridized carbons (Fsp3) is 0.100. The van der Waals surface area contributed by atoms with E-state index in [2.05, 4.69) is 62.1 Å². The second-order valence-electron chi connectivity index (χ2n) is 5.14. The van der Waals surface area contributed by atoms with E-state index >= 15 is 0 Å². The molecule has 0 aliphatic rings. The summed E-state index contributed by atoms with van der Waals surface area (Å²) in [5, 5.41) is 4.46. The molecule has 0 heteroatoms. The number of terminal acetylenes is 2. The van der Waals surface area contributed by atoms with Crippen molar-refractivity contribution < 1.29 is 0 Å². The van der Waals surface area contributed by atoms with Gasteiger partial charge in [-0.15, -0.1) is 12.8 Å². The molecule has 0 fully saturated rings. The molecule has 0 saturated carbocycles. The van der Waals surface area contributed by atoms with Crippen LogP contribution in [-0.4, -0.2) is 0 Å². The van der Waals surface area contributed by atoms with Crippen LogP contribution in [0, 0.1) is 38.5 Å². The molecule has 0 amide bonds. The molecule has 0 aromatic heterocycles. The highest BCUT2D eigenvalue weighted by Gasteiger charge is 2.11. The number of hydrogen-bond donors (Lipinski definition) is 0. The van der Waals surface area contributed by atoms with E-state index in [1.54, 1.807) is 0 Å². The molecule has 20 heavy (non-hydrogen) atoms. The van der Waals surface area contributed by atoms with E-state index < -0.39 is 0 Å². The van der Waals surface area contributed by atoms with Gasteiger partial charge in [0.05, 0.1) is 0 Å². The molecule has 3 aromatic rings. The topological polar surface area (TPSA) is 0 Å².